The van der Waals surface area contributed by atoms with E-state index in [-0.39, 0.29) is 34.2 Å². The van der Waals surface area contributed by atoms with Crippen molar-refractivity contribution in [2.75, 3.05) is 26.6 Å². The Labute approximate surface area is 172 Å². The molecule has 0 aliphatic carbocycles. The van der Waals surface area contributed by atoms with Crippen LogP contribution in [-0.2, 0) is 25.6 Å². The number of hydrogen-bond acceptors (Lipinski definition) is 9. The maximum absolute atomic E-state index is 12.1. The average molecular weight is 421 g/mol. The zero-order valence-corrected chi connectivity index (χ0v) is 17.5. The van der Waals surface area contributed by atoms with Crippen molar-refractivity contribution in [3.05, 3.63) is 45.8 Å². The summed E-state index contributed by atoms with van der Waals surface area (Å²) in [5.41, 5.74) is 7.11. The number of benzene rings is 1. The normalized spacial score (nSPS) is 10.5. The smallest absolute Gasteiger partial charge is 0.348 e. The minimum atomic E-state index is -0.735. The van der Waals surface area contributed by atoms with Gasteiger partial charge in [0.05, 0.1) is 14.2 Å². The summed E-state index contributed by atoms with van der Waals surface area (Å²) in [5, 5.41) is 0.0739. The fraction of sp³-hybridized carbons (Fsp3) is 0.350. The van der Waals surface area contributed by atoms with Gasteiger partial charge in [-0.1, -0.05) is 26.0 Å². The minimum Gasteiger partial charge on any atom is -0.482 e. The van der Waals surface area contributed by atoms with Crippen LogP contribution in [0.5, 0.6) is 5.75 Å². The number of anilines is 1. The Kier molecular flexibility index (Phi) is 7.60. The lowest BCUT2D eigenvalue weighted by atomic mass is 10.0. The van der Waals surface area contributed by atoms with E-state index in [9.17, 15) is 14.4 Å². The summed E-state index contributed by atoms with van der Waals surface area (Å²) >= 11 is 0.863. The van der Waals surface area contributed by atoms with Gasteiger partial charge in [0, 0.05) is 5.56 Å². The third-order valence-electron chi connectivity index (χ3n) is 4.08. The van der Waals surface area contributed by atoms with E-state index in [1.165, 1.54) is 14.2 Å². The molecule has 8 nitrogen and oxygen atoms in total. The Bertz CT molecular complexity index is 887. The van der Waals surface area contributed by atoms with Crippen LogP contribution in [0.25, 0.3) is 0 Å². The standard InChI is InChI=1S/C20H23NO7S/c1-11(2)12-5-7-13(8-6-12)27-10-15(22)28-9-14-16(19(23)25-3)18(21)29-17(14)20(24)26-4/h5-8,11H,9-10,21H2,1-4H3. The molecule has 0 saturated heterocycles. The predicted molar refractivity (Wildman–Crippen MR) is 107 cm³/mol. The van der Waals surface area contributed by atoms with Crippen molar-refractivity contribution in [3.8, 4) is 5.75 Å². The average Bonchev–Trinajstić information content (AvgIpc) is 3.05. The molecule has 2 N–H and O–H groups in total. The van der Waals surface area contributed by atoms with Crippen molar-refractivity contribution in [1.82, 2.24) is 0 Å². The van der Waals surface area contributed by atoms with Crippen LogP contribution in [0.3, 0.4) is 0 Å². The van der Waals surface area contributed by atoms with Gasteiger partial charge in [-0.15, -0.1) is 11.3 Å². The van der Waals surface area contributed by atoms with Gasteiger partial charge in [-0.2, -0.15) is 0 Å². The monoisotopic (exact) mass is 421 g/mol. The van der Waals surface area contributed by atoms with E-state index in [4.69, 9.17) is 24.7 Å². The van der Waals surface area contributed by atoms with Gasteiger partial charge in [-0.3, -0.25) is 0 Å². The van der Waals surface area contributed by atoms with E-state index < -0.39 is 17.9 Å². The lowest BCUT2D eigenvalue weighted by Gasteiger charge is -2.10. The zero-order chi connectivity index (χ0) is 21.6. The molecule has 0 aliphatic heterocycles. The topological polar surface area (TPSA) is 114 Å². The molecule has 9 heteroatoms. The van der Waals surface area contributed by atoms with Crippen LogP contribution in [0.4, 0.5) is 5.00 Å². The molecule has 1 aromatic heterocycles. The number of carbonyl (C=O) groups excluding carboxylic acids is 3. The van der Waals surface area contributed by atoms with E-state index in [0.29, 0.717) is 11.7 Å². The fourth-order valence-electron chi connectivity index (χ4n) is 2.49. The molecule has 1 aromatic carbocycles. The summed E-state index contributed by atoms with van der Waals surface area (Å²) in [4.78, 5) is 36.1. The molecule has 156 valence electrons. The number of carbonyl (C=O) groups is 3. The van der Waals surface area contributed by atoms with Crippen LogP contribution in [0.15, 0.2) is 24.3 Å². The molecule has 0 saturated carbocycles. The number of ether oxygens (including phenoxy) is 4. The van der Waals surface area contributed by atoms with Crippen LogP contribution >= 0.6 is 11.3 Å². The van der Waals surface area contributed by atoms with Crippen LogP contribution in [0.2, 0.25) is 0 Å². The number of thiophene rings is 1. The van der Waals surface area contributed by atoms with Crippen molar-refractivity contribution in [1.29, 1.82) is 0 Å². The first-order valence-corrected chi connectivity index (χ1v) is 9.56. The quantitative estimate of drug-likeness (QED) is 0.511. The second kappa shape index (κ2) is 9.92. The van der Waals surface area contributed by atoms with Gasteiger partial charge in [0.25, 0.3) is 0 Å². The van der Waals surface area contributed by atoms with Gasteiger partial charge in [0.15, 0.2) is 6.61 Å². The molecule has 29 heavy (non-hydrogen) atoms. The highest BCUT2D eigenvalue weighted by Crippen LogP contribution is 2.33. The van der Waals surface area contributed by atoms with Gasteiger partial charge in [-0.05, 0) is 23.6 Å². The molecule has 0 bridgehead atoms. The van der Waals surface area contributed by atoms with Gasteiger partial charge >= 0.3 is 17.9 Å². The highest BCUT2D eigenvalue weighted by atomic mass is 32.1. The molecule has 0 spiro atoms. The van der Waals surface area contributed by atoms with E-state index in [1.54, 1.807) is 12.1 Å². The lowest BCUT2D eigenvalue weighted by molar-refractivity contribution is -0.147. The highest BCUT2D eigenvalue weighted by Gasteiger charge is 2.28. The van der Waals surface area contributed by atoms with Gasteiger partial charge in [0.2, 0.25) is 0 Å². The SMILES string of the molecule is COC(=O)c1sc(N)c(C(=O)OC)c1COC(=O)COc1ccc(C(C)C)cc1. The first-order chi connectivity index (χ1) is 13.8. The Balaban J connectivity index is 2.05. The number of nitrogen functional groups attached to an aromatic ring is 1. The molecular formula is C20H23NO7S. The maximum Gasteiger partial charge on any atom is 0.348 e. The summed E-state index contributed by atoms with van der Waals surface area (Å²) in [6, 6.07) is 7.38. The van der Waals surface area contributed by atoms with E-state index in [0.717, 1.165) is 16.9 Å². The number of nitrogens with two attached hydrogens (primary N) is 1. The van der Waals surface area contributed by atoms with Crippen LogP contribution < -0.4 is 10.5 Å². The highest BCUT2D eigenvalue weighted by molar-refractivity contribution is 7.18. The van der Waals surface area contributed by atoms with Crippen molar-refractivity contribution in [2.24, 2.45) is 0 Å². The van der Waals surface area contributed by atoms with Crippen molar-refractivity contribution >= 4 is 34.2 Å². The van der Waals surface area contributed by atoms with Crippen LogP contribution in [-0.4, -0.2) is 38.7 Å². The second-order valence-corrected chi connectivity index (χ2v) is 7.36. The first kappa shape index (κ1) is 22.2. The second-order valence-electron chi connectivity index (χ2n) is 6.31. The summed E-state index contributed by atoms with van der Waals surface area (Å²) in [6.07, 6.45) is 0. The molecule has 1 heterocycles. The Morgan fingerprint density at radius 1 is 1.03 bits per heavy atom. The minimum absolute atomic E-state index is 0.0177. The van der Waals surface area contributed by atoms with Crippen molar-refractivity contribution in [2.45, 2.75) is 26.4 Å². The number of hydrogen-bond donors (Lipinski definition) is 1. The molecule has 0 fully saturated rings. The predicted octanol–water partition coefficient (Wildman–Crippen LogP) is 3.15. The third kappa shape index (κ3) is 5.47. The number of methoxy groups -OCH3 is 2. The Morgan fingerprint density at radius 3 is 2.21 bits per heavy atom. The van der Waals surface area contributed by atoms with Crippen LogP contribution in [0, 0.1) is 0 Å². The molecule has 2 aromatic rings. The summed E-state index contributed by atoms with van der Waals surface area (Å²) in [6.45, 7) is 3.48. The van der Waals surface area contributed by atoms with Crippen molar-refractivity contribution < 1.29 is 33.3 Å². The summed E-state index contributed by atoms with van der Waals surface area (Å²) in [5.74, 6) is -1.18. The lowest BCUT2D eigenvalue weighted by Crippen LogP contribution is -2.17. The largest absolute Gasteiger partial charge is 0.482 e. The molecular weight excluding hydrogens is 398 g/mol. The molecule has 0 atom stereocenters. The van der Waals surface area contributed by atoms with Crippen molar-refractivity contribution in [3.63, 3.8) is 0 Å². The summed E-state index contributed by atoms with van der Waals surface area (Å²) in [7, 11) is 2.38. The maximum atomic E-state index is 12.1. The first-order valence-electron chi connectivity index (χ1n) is 8.74. The number of esters is 3. The van der Waals surface area contributed by atoms with Crippen LogP contribution in [0.1, 0.15) is 50.9 Å². The van der Waals surface area contributed by atoms with E-state index in [1.807, 2.05) is 12.1 Å². The Morgan fingerprint density at radius 2 is 1.66 bits per heavy atom. The molecule has 2 rings (SSSR count). The number of rotatable bonds is 8. The molecule has 0 aliphatic rings. The van der Waals surface area contributed by atoms with E-state index in [2.05, 4.69) is 13.8 Å². The molecule has 0 radical (unpaired) electrons. The summed E-state index contributed by atoms with van der Waals surface area (Å²) < 4.78 is 20.0. The zero-order valence-electron chi connectivity index (χ0n) is 16.6. The molecule has 0 amide bonds. The van der Waals surface area contributed by atoms with Gasteiger partial charge in [0.1, 0.15) is 27.8 Å². The van der Waals surface area contributed by atoms with Gasteiger partial charge in [-0.25, -0.2) is 14.4 Å². The third-order valence-corrected chi connectivity index (χ3v) is 5.12. The van der Waals surface area contributed by atoms with Gasteiger partial charge < -0.3 is 24.7 Å². The fourth-order valence-corrected chi connectivity index (χ4v) is 3.47. The molecule has 0 unspecified atom stereocenters. The van der Waals surface area contributed by atoms with E-state index >= 15 is 0 Å². The Hall–Kier alpha value is -3.07.